The third-order valence-corrected chi connectivity index (χ3v) is 17.8. The zero-order chi connectivity index (χ0) is 69.6. The summed E-state index contributed by atoms with van der Waals surface area (Å²) in [6, 6.07) is 20.3. The summed E-state index contributed by atoms with van der Waals surface area (Å²) in [7, 11) is 0. The number of aryl methyl sites for hydroxylation is 1. The average molecular weight is 1340 g/mol. The van der Waals surface area contributed by atoms with Gasteiger partial charge in [0.15, 0.2) is 0 Å². The number of hydrogen-bond donors (Lipinski definition) is 15. The predicted octanol–water partition coefficient (Wildman–Crippen LogP) is 3.71. The molecule has 12 rings (SSSR count). The Morgan fingerprint density at radius 1 is 0.378 bits per heavy atom. The minimum Gasteiger partial charge on any atom is -0.395 e. The van der Waals surface area contributed by atoms with E-state index in [-0.39, 0.29) is 91.0 Å². The molecule has 25 heteroatoms. The number of hydrogen-bond acceptors (Lipinski definition) is 20. The number of rotatable bonds is 30. The lowest BCUT2D eigenvalue weighted by Gasteiger charge is -2.17. The molecule has 5 heterocycles. The molecule has 7 aromatic rings. The molecular weight excluding hydrogens is 1250 g/mol. The Morgan fingerprint density at radius 3 is 1.01 bits per heavy atom. The van der Waals surface area contributed by atoms with Gasteiger partial charge in [0.25, 0.3) is 27.8 Å². The van der Waals surface area contributed by atoms with Gasteiger partial charge in [-0.3, -0.25) is 24.0 Å². The van der Waals surface area contributed by atoms with Crippen molar-refractivity contribution in [2.24, 2.45) is 0 Å². The lowest BCUT2D eigenvalue weighted by Crippen LogP contribution is -2.34. The van der Waals surface area contributed by atoms with Gasteiger partial charge in [0.05, 0.1) is 99.2 Å². The fourth-order valence-electron chi connectivity index (χ4n) is 12.0. The monoisotopic (exact) mass is 1340 g/mol. The largest absolute Gasteiger partial charge is 0.395 e. The molecule has 0 spiro atoms. The van der Waals surface area contributed by atoms with Gasteiger partial charge in [0, 0.05) is 84.7 Å². The SMILES string of the molecule is CCC(CO)NCC1=CCc2c1nc[nH]c2=O.CCCC(CO)NCC1=CCc2c1nc[nH]c2=O.CCCCC(CO)NCC1=CCc2c1nc[nH]c2=O.O=c1[nH]cnc2c1CC=C2CNC(CO)CCc1ccccc1.O=c1[nH]cnc2c1CC=C2CN[C@@H](CO)c1ccccc1. The zero-order valence-electron chi connectivity index (χ0n) is 56.2. The van der Waals surface area contributed by atoms with E-state index in [1.54, 1.807) is 0 Å². The van der Waals surface area contributed by atoms with E-state index in [0.717, 1.165) is 141 Å². The fourth-order valence-corrected chi connectivity index (χ4v) is 12.0. The number of unbranched alkanes of at least 4 members (excludes halogenated alkanes) is 1. The maximum Gasteiger partial charge on any atom is 0.254 e. The van der Waals surface area contributed by atoms with Crippen LogP contribution in [0.5, 0.6) is 0 Å². The average Bonchev–Trinajstić information content (AvgIpc) is 1.77. The Morgan fingerprint density at radius 2 is 0.694 bits per heavy atom. The Labute approximate surface area is 569 Å². The molecule has 15 N–H and O–H groups in total. The van der Waals surface area contributed by atoms with Crippen LogP contribution in [-0.4, -0.2) is 165 Å². The Bertz CT molecular complexity index is 4140. The molecule has 5 aromatic heterocycles. The van der Waals surface area contributed by atoms with Crippen molar-refractivity contribution in [3.05, 3.63) is 242 Å². The second-order valence-electron chi connectivity index (χ2n) is 24.4. The van der Waals surface area contributed by atoms with E-state index in [1.165, 1.54) is 37.2 Å². The number of aliphatic hydroxyl groups is 5. The van der Waals surface area contributed by atoms with Crippen LogP contribution in [0.15, 0.2) is 147 Å². The van der Waals surface area contributed by atoms with Crippen LogP contribution in [0, 0.1) is 0 Å². The number of aromatic nitrogens is 10. The number of H-pyrrole nitrogens is 5. The van der Waals surface area contributed by atoms with Gasteiger partial charge >= 0.3 is 0 Å². The van der Waals surface area contributed by atoms with E-state index >= 15 is 0 Å². The topological polar surface area (TPSA) is 390 Å². The summed E-state index contributed by atoms with van der Waals surface area (Å²) in [5.41, 5.74) is 14.8. The van der Waals surface area contributed by atoms with Gasteiger partial charge in [0.1, 0.15) is 0 Å². The maximum atomic E-state index is 11.7. The molecule has 5 aliphatic carbocycles. The molecule has 5 aliphatic rings. The van der Waals surface area contributed by atoms with Gasteiger partial charge < -0.3 is 77.0 Å². The second-order valence-corrected chi connectivity index (χ2v) is 24.4. The normalized spacial score (nSPS) is 15.0. The smallest absolute Gasteiger partial charge is 0.254 e. The Kier molecular flexibility index (Phi) is 30.2. The first kappa shape index (κ1) is 74.9. The summed E-state index contributed by atoms with van der Waals surface area (Å²) in [6.45, 7) is 9.90. The maximum absolute atomic E-state index is 11.7. The highest BCUT2D eigenvalue weighted by Crippen LogP contribution is 2.26. The minimum atomic E-state index is -0.127. The minimum absolute atomic E-state index is 0.0208. The van der Waals surface area contributed by atoms with E-state index in [2.05, 4.69) is 102 Å². The van der Waals surface area contributed by atoms with Crippen molar-refractivity contribution in [3.63, 3.8) is 0 Å². The molecule has 522 valence electrons. The molecule has 0 radical (unpaired) electrons. The van der Waals surface area contributed by atoms with E-state index in [4.69, 9.17) is 5.11 Å². The highest BCUT2D eigenvalue weighted by molar-refractivity contribution is 5.74. The molecule has 0 bridgehead atoms. The molecule has 25 nitrogen and oxygen atoms in total. The fraction of sp³-hybridized carbons (Fsp3) is 0.425. The van der Waals surface area contributed by atoms with E-state index < -0.39 is 0 Å². The standard InChI is InChI=1S/C18H21N3O2.C16H17N3O2.C14H21N3O2.C13H19N3O2.C12H17N3O2/c22-11-15(8-6-13-4-2-1-3-5-13)19-10-14-7-9-16-17(14)20-12-21-18(16)23;20-9-14(11-4-2-1-3-5-11)17-8-12-6-7-13-15(12)18-10-19-16(13)21;1-2-3-4-11(8-18)15-7-10-5-6-12-13(10)16-9-17-14(12)19;1-2-3-10(7-17)14-6-9-4-5-11-12(9)15-8-16-13(11)18;1-2-9(6-16)13-5-8-3-4-10-11(8)14-7-15-12(10)17/h1-5,7,12,15,19,22H,6,8-11H2,(H,20,21,23);1-6,10,14,17,20H,7-9H2,(H,18,19,21);5,9,11,15,18H,2-4,6-8H2,1H3,(H,16,17,19);4,8,10,14,17H,2-3,5-7H2,1H3,(H,15,16,18);3,7,9,13,16H,2,4-6H2,1H3,(H,14,15,17)/t;14-;;;/m.0.../s1. The van der Waals surface area contributed by atoms with Gasteiger partial charge in [-0.05, 0) is 103 Å². The number of aromatic amines is 5. The van der Waals surface area contributed by atoms with Gasteiger partial charge in [-0.15, -0.1) is 0 Å². The van der Waals surface area contributed by atoms with Crippen LogP contribution in [0.3, 0.4) is 0 Å². The molecule has 98 heavy (non-hydrogen) atoms. The van der Waals surface area contributed by atoms with E-state index in [9.17, 15) is 44.4 Å². The highest BCUT2D eigenvalue weighted by atomic mass is 16.3. The van der Waals surface area contributed by atoms with Crippen molar-refractivity contribution in [2.75, 3.05) is 65.8 Å². The third-order valence-electron chi connectivity index (χ3n) is 17.8. The molecule has 0 amide bonds. The lowest BCUT2D eigenvalue weighted by molar-refractivity contribution is 0.237. The van der Waals surface area contributed by atoms with E-state index in [1.807, 2.05) is 85.8 Å². The number of benzene rings is 2. The Hall–Kier alpha value is -8.86. The van der Waals surface area contributed by atoms with Gasteiger partial charge in [-0.1, -0.05) is 131 Å². The molecule has 0 fully saturated rings. The number of allylic oxidation sites excluding steroid dienone is 5. The van der Waals surface area contributed by atoms with Crippen molar-refractivity contribution in [3.8, 4) is 0 Å². The van der Waals surface area contributed by atoms with Crippen LogP contribution in [0.2, 0.25) is 0 Å². The van der Waals surface area contributed by atoms with Crippen LogP contribution >= 0.6 is 0 Å². The molecular formula is C73H95N15O10. The molecule has 2 aromatic carbocycles. The van der Waals surface area contributed by atoms with Gasteiger partial charge in [0.2, 0.25) is 0 Å². The first-order valence-electron chi connectivity index (χ1n) is 33.9. The van der Waals surface area contributed by atoms with Crippen LogP contribution in [0.1, 0.15) is 139 Å². The first-order chi connectivity index (χ1) is 47.8. The van der Waals surface area contributed by atoms with Crippen molar-refractivity contribution in [1.29, 1.82) is 0 Å². The number of nitrogens with zero attached hydrogens (tertiary/aromatic N) is 5. The molecule has 4 unspecified atom stereocenters. The third kappa shape index (κ3) is 21.1. The molecule has 5 atom stereocenters. The summed E-state index contributed by atoms with van der Waals surface area (Å²) in [5, 5.41) is 63.3. The molecule has 0 aliphatic heterocycles. The van der Waals surface area contributed by atoms with Crippen LogP contribution < -0.4 is 54.4 Å². The molecule has 0 saturated heterocycles. The van der Waals surface area contributed by atoms with Crippen molar-refractivity contribution in [2.45, 2.75) is 134 Å². The molecule has 0 saturated carbocycles. The van der Waals surface area contributed by atoms with Crippen LogP contribution in [0.25, 0.3) is 27.9 Å². The Balaban J connectivity index is 0.000000157. The summed E-state index contributed by atoms with van der Waals surface area (Å²) in [4.78, 5) is 92.2. The number of fused-ring (bicyclic) bond motifs is 5. The van der Waals surface area contributed by atoms with Crippen molar-refractivity contribution in [1.82, 2.24) is 76.4 Å². The van der Waals surface area contributed by atoms with Crippen molar-refractivity contribution < 1.29 is 25.5 Å². The van der Waals surface area contributed by atoms with Crippen LogP contribution in [0.4, 0.5) is 0 Å². The van der Waals surface area contributed by atoms with Gasteiger partial charge in [-0.25, -0.2) is 24.9 Å². The predicted molar refractivity (Wildman–Crippen MR) is 382 cm³/mol. The zero-order valence-corrected chi connectivity index (χ0v) is 56.2. The summed E-state index contributed by atoms with van der Waals surface area (Å²) in [6.07, 6.45) is 28.3. The highest BCUT2D eigenvalue weighted by Gasteiger charge is 2.24. The van der Waals surface area contributed by atoms with Gasteiger partial charge in [-0.2, -0.15) is 0 Å². The second kappa shape index (κ2) is 39.5. The summed E-state index contributed by atoms with van der Waals surface area (Å²) < 4.78 is 0. The van der Waals surface area contributed by atoms with Crippen molar-refractivity contribution >= 4 is 27.9 Å². The number of aliphatic hydroxyl groups excluding tert-OH is 5. The lowest BCUT2D eigenvalue weighted by atomic mass is 10.1. The van der Waals surface area contributed by atoms with Crippen LogP contribution in [-0.2, 0) is 38.5 Å². The first-order valence-corrected chi connectivity index (χ1v) is 33.9. The van der Waals surface area contributed by atoms with E-state index in [0.29, 0.717) is 64.8 Å². The quantitative estimate of drug-likeness (QED) is 0.0305. The summed E-state index contributed by atoms with van der Waals surface area (Å²) in [5.74, 6) is 0. The number of nitrogens with one attached hydrogen (secondary N) is 10. The summed E-state index contributed by atoms with van der Waals surface area (Å²) >= 11 is 0.